The van der Waals surface area contributed by atoms with Crippen LogP contribution in [-0.2, 0) is 20.1 Å². The average molecular weight is 495 g/mol. The third kappa shape index (κ3) is 4.83. The van der Waals surface area contributed by atoms with Crippen LogP contribution in [0.5, 0.6) is 0 Å². The van der Waals surface area contributed by atoms with Crippen LogP contribution in [0.25, 0.3) is 0 Å². The van der Waals surface area contributed by atoms with Crippen molar-refractivity contribution in [2.24, 2.45) is 7.05 Å². The van der Waals surface area contributed by atoms with E-state index in [1.807, 2.05) is 44.5 Å². The molecule has 0 atom stereocenters. The predicted molar refractivity (Wildman–Crippen MR) is 134 cm³/mol. The summed E-state index contributed by atoms with van der Waals surface area (Å²) in [6.07, 6.45) is 3.06. The molecule has 3 aromatic heterocycles. The zero-order valence-electron chi connectivity index (χ0n) is 20.3. The van der Waals surface area contributed by atoms with Gasteiger partial charge in [-0.25, -0.2) is 0 Å². The second-order valence-electron chi connectivity index (χ2n) is 8.24. The van der Waals surface area contributed by atoms with Gasteiger partial charge in [0.2, 0.25) is 0 Å². The summed E-state index contributed by atoms with van der Waals surface area (Å²) in [4.78, 5) is 26.0. The topological polar surface area (TPSA) is 112 Å². The van der Waals surface area contributed by atoms with E-state index in [-0.39, 0.29) is 17.5 Å². The number of amides is 2. The smallest absolute Gasteiger partial charge is 0.276 e. The van der Waals surface area contributed by atoms with Crippen LogP contribution < -0.4 is 10.6 Å². The molecule has 11 heteroatoms. The predicted octanol–water partition coefficient (Wildman–Crippen LogP) is 3.96. The Morgan fingerprint density at radius 3 is 2.14 bits per heavy atom. The average Bonchev–Trinajstić information content (AvgIpc) is 3.47. The lowest BCUT2D eigenvalue weighted by atomic mass is 10.1. The first-order valence-electron chi connectivity index (χ1n) is 11.1. The third-order valence-corrected chi connectivity index (χ3v) is 6.47. The molecule has 10 nitrogen and oxygen atoms in total. The zero-order chi connectivity index (χ0) is 25.3. The van der Waals surface area contributed by atoms with Gasteiger partial charge in [-0.2, -0.15) is 15.3 Å². The largest absolute Gasteiger partial charge is 0.319 e. The fourth-order valence-electron chi connectivity index (χ4n) is 3.72. The van der Waals surface area contributed by atoms with Crippen molar-refractivity contribution in [1.82, 2.24) is 29.3 Å². The van der Waals surface area contributed by atoms with Gasteiger partial charge in [-0.1, -0.05) is 23.7 Å². The maximum atomic E-state index is 13.0. The number of hydrogen-bond acceptors (Lipinski definition) is 5. The standard InChI is InChI=1S/C24H27ClN8O2/c1-6-32-22(24(35)28-19-11-26-31(5)15(19)3)20(12-27-32)29-23(34)18-9-7-17(8-10-18)13-33-16(4)21(25)14(2)30-33/h7-12H,6,13H2,1-5H3,(H,28,35)(H,29,34). The van der Waals surface area contributed by atoms with Crippen LogP contribution in [-0.4, -0.2) is 41.2 Å². The van der Waals surface area contributed by atoms with Crippen LogP contribution >= 0.6 is 11.6 Å². The Kier molecular flexibility index (Phi) is 6.74. The summed E-state index contributed by atoms with van der Waals surface area (Å²) in [6.45, 7) is 8.53. The molecule has 2 N–H and O–H groups in total. The van der Waals surface area contributed by atoms with E-state index in [0.717, 1.165) is 22.6 Å². The van der Waals surface area contributed by atoms with Crippen molar-refractivity contribution < 1.29 is 9.59 Å². The first-order valence-corrected chi connectivity index (χ1v) is 11.5. The van der Waals surface area contributed by atoms with Crippen LogP contribution in [0, 0.1) is 20.8 Å². The van der Waals surface area contributed by atoms with Crippen LogP contribution in [0.4, 0.5) is 11.4 Å². The minimum atomic E-state index is -0.380. The van der Waals surface area contributed by atoms with Gasteiger partial charge in [-0.15, -0.1) is 0 Å². The summed E-state index contributed by atoms with van der Waals surface area (Å²) in [5.74, 6) is -0.720. The minimum Gasteiger partial charge on any atom is -0.319 e. The van der Waals surface area contributed by atoms with Crippen molar-refractivity contribution in [3.8, 4) is 0 Å². The number of benzene rings is 1. The highest BCUT2D eigenvalue weighted by atomic mass is 35.5. The Morgan fingerprint density at radius 2 is 1.57 bits per heavy atom. The van der Waals surface area contributed by atoms with Crippen LogP contribution in [0.2, 0.25) is 5.02 Å². The Morgan fingerprint density at radius 1 is 0.914 bits per heavy atom. The van der Waals surface area contributed by atoms with E-state index < -0.39 is 0 Å². The third-order valence-electron chi connectivity index (χ3n) is 5.93. The molecule has 0 aliphatic carbocycles. The molecule has 0 aliphatic rings. The van der Waals surface area contributed by atoms with Gasteiger partial charge >= 0.3 is 0 Å². The maximum absolute atomic E-state index is 13.0. The van der Waals surface area contributed by atoms with E-state index in [0.29, 0.717) is 35.1 Å². The first kappa shape index (κ1) is 24.2. The van der Waals surface area contributed by atoms with Gasteiger partial charge in [-0.3, -0.25) is 23.6 Å². The molecular weight excluding hydrogens is 468 g/mol. The molecule has 35 heavy (non-hydrogen) atoms. The summed E-state index contributed by atoms with van der Waals surface area (Å²) in [6, 6.07) is 7.21. The van der Waals surface area contributed by atoms with Crippen molar-refractivity contribution in [3.05, 3.63) is 75.6 Å². The van der Waals surface area contributed by atoms with Gasteiger partial charge in [0.15, 0.2) is 0 Å². The summed E-state index contributed by atoms with van der Waals surface area (Å²) < 4.78 is 5.04. The van der Waals surface area contributed by atoms with Gasteiger partial charge in [0, 0.05) is 19.2 Å². The van der Waals surface area contributed by atoms with Crippen molar-refractivity contribution >= 4 is 34.8 Å². The molecule has 0 saturated carbocycles. The van der Waals surface area contributed by atoms with E-state index in [1.165, 1.54) is 6.20 Å². The molecule has 2 amide bonds. The highest BCUT2D eigenvalue weighted by Crippen LogP contribution is 2.22. The summed E-state index contributed by atoms with van der Waals surface area (Å²) in [5, 5.41) is 19.2. The highest BCUT2D eigenvalue weighted by molar-refractivity contribution is 6.31. The fraction of sp³-hybridized carbons (Fsp3) is 0.292. The lowest BCUT2D eigenvalue weighted by molar-refractivity contribution is 0.101. The van der Waals surface area contributed by atoms with E-state index in [2.05, 4.69) is 25.9 Å². The molecule has 4 aromatic rings. The monoisotopic (exact) mass is 494 g/mol. The molecule has 0 radical (unpaired) electrons. The van der Waals surface area contributed by atoms with Crippen LogP contribution in [0.15, 0.2) is 36.7 Å². The number of anilines is 2. The van der Waals surface area contributed by atoms with E-state index in [1.54, 1.807) is 34.7 Å². The van der Waals surface area contributed by atoms with Gasteiger partial charge in [0.05, 0.1) is 52.4 Å². The number of carbonyl (C=O) groups is 2. The van der Waals surface area contributed by atoms with Crippen molar-refractivity contribution in [2.75, 3.05) is 10.6 Å². The molecule has 1 aromatic carbocycles. The van der Waals surface area contributed by atoms with E-state index in [4.69, 9.17) is 11.6 Å². The summed E-state index contributed by atoms with van der Waals surface area (Å²) in [7, 11) is 1.80. The van der Waals surface area contributed by atoms with Crippen molar-refractivity contribution in [2.45, 2.75) is 40.8 Å². The Hall–Kier alpha value is -3.92. The molecular formula is C24H27ClN8O2. The minimum absolute atomic E-state index is 0.266. The number of halogens is 1. The maximum Gasteiger partial charge on any atom is 0.276 e. The molecule has 0 saturated heterocycles. The Labute approximate surface area is 207 Å². The van der Waals surface area contributed by atoms with Gasteiger partial charge in [0.25, 0.3) is 11.8 Å². The van der Waals surface area contributed by atoms with Crippen molar-refractivity contribution in [1.29, 1.82) is 0 Å². The van der Waals surface area contributed by atoms with Gasteiger partial charge in [0.1, 0.15) is 5.69 Å². The van der Waals surface area contributed by atoms with E-state index >= 15 is 0 Å². The molecule has 0 bridgehead atoms. The lowest BCUT2D eigenvalue weighted by Gasteiger charge is -2.10. The van der Waals surface area contributed by atoms with E-state index in [9.17, 15) is 9.59 Å². The summed E-state index contributed by atoms with van der Waals surface area (Å²) in [5.41, 5.74) is 5.12. The summed E-state index contributed by atoms with van der Waals surface area (Å²) >= 11 is 6.23. The first-order chi connectivity index (χ1) is 16.7. The number of nitrogens with one attached hydrogen (secondary N) is 2. The quantitative estimate of drug-likeness (QED) is 0.404. The fourth-order valence-corrected chi connectivity index (χ4v) is 3.85. The van der Waals surface area contributed by atoms with Crippen LogP contribution in [0.3, 0.4) is 0 Å². The Bertz CT molecular complexity index is 1400. The normalized spacial score (nSPS) is 11.0. The molecule has 0 spiro atoms. The molecule has 0 aliphatic heterocycles. The SMILES string of the molecule is CCn1ncc(NC(=O)c2ccc(Cn3nc(C)c(Cl)c3C)cc2)c1C(=O)Nc1cnn(C)c1C. The number of nitrogens with zero attached hydrogens (tertiary/aromatic N) is 6. The number of aromatic nitrogens is 6. The van der Waals surface area contributed by atoms with Crippen LogP contribution in [0.1, 0.15) is 50.4 Å². The number of rotatable bonds is 7. The highest BCUT2D eigenvalue weighted by Gasteiger charge is 2.21. The van der Waals surface area contributed by atoms with Crippen molar-refractivity contribution in [3.63, 3.8) is 0 Å². The second-order valence-corrected chi connectivity index (χ2v) is 8.62. The second kappa shape index (κ2) is 9.75. The molecule has 0 unspecified atom stereocenters. The number of carbonyl (C=O) groups excluding carboxylic acids is 2. The molecule has 0 fully saturated rings. The molecule has 3 heterocycles. The number of aryl methyl sites for hydroxylation is 3. The van der Waals surface area contributed by atoms with Gasteiger partial charge in [-0.05, 0) is 45.4 Å². The zero-order valence-corrected chi connectivity index (χ0v) is 21.0. The lowest BCUT2D eigenvalue weighted by Crippen LogP contribution is -2.21. The molecule has 4 rings (SSSR count). The molecule has 182 valence electrons. The van der Waals surface area contributed by atoms with Gasteiger partial charge < -0.3 is 10.6 Å². The number of hydrogen-bond donors (Lipinski definition) is 2. The Balaban J connectivity index is 1.50.